The number of pyridine rings is 1. The zero-order chi connectivity index (χ0) is 46.4. The number of hydrogen-bond acceptors (Lipinski definition) is 14. The summed E-state index contributed by atoms with van der Waals surface area (Å²) in [6.45, 7) is 12.1. The van der Waals surface area contributed by atoms with Crippen LogP contribution in [0.5, 0.6) is 11.6 Å². The van der Waals surface area contributed by atoms with Crippen LogP contribution in [-0.4, -0.2) is 111 Å². The highest BCUT2D eigenvalue weighted by Gasteiger charge is 2.55. The van der Waals surface area contributed by atoms with Crippen LogP contribution < -0.4 is 29.3 Å². The molecule has 18 heteroatoms. The molecular formula is C49H56N8O9S. The Kier molecular flexibility index (Phi) is 10.9. The van der Waals surface area contributed by atoms with E-state index in [2.05, 4.69) is 62.9 Å². The number of nitrogens with one attached hydrogen (secondary N) is 3. The van der Waals surface area contributed by atoms with Crippen molar-refractivity contribution in [3.05, 3.63) is 99.7 Å². The summed E-state index contributed by atoms with van der Waals surface area (Å²) in [5.41, 5.74) is 5.34. The number of benzene rings is 3. The summed E-state index contributed by atoms with van der Waals surface area (Å²) >= 11 is 0. The fourth-order valence-corrected chi connectivity index (χ4v) is 12.3. The summed E-state index contributed by atoms with van der Waals surface area (Å²) in [4.78, 5) is 40.8. The lowest BCUT2D eigenvalue weighted by atomic mass is 9.60. The van der Waals surface area contributed by atoms with Crippen LogP contribution in [0, 0.1) is 15.5 Å². The van der Waals surface area contributed by atoms with E-state index in [1.54, 1.807) is 12.3 Å². The van der Waals surface area contributed by atoms with Gasteiger partial charge >= 0.3 is 0 Å². The van der Waals surface area contributed by atoms with Crippen LogP contribution in [-0.2, 0) is 19.5 Å². The molecule has 2 aromatic heterocycles. The standard InChI is InChI=1S/C49H56N8O9S/c1-28(2)35-8-5-6-9-36(35)38-10-7-15-55(38)33-20-49(21-33)26-54(27-49)32-11-12-37(39(17-32)56-41-16-30-13-14-50-46(30)52-48(41)66-44-25-63-24-42(44)56)47(58)53-67(61,62)34-18-40(57(59)60)45-43(19-34)65-23-31(51-45)22-64-29(3)4/h5-6,8-9,11-14,16-19,28-29,31,33,38,42,44,51H,7,10,15,20-27H2,1-4H3,(H,50,52)(H,53,58)/t31-,38+,42+,44+/m1/s1. The summed E-state index contributed by atoms with van der Waals surface area (Å²) in [5.74, 6) is -0.0983. The van der Waals surface area contributed by atoms with E-state index in [1.165, 1.54) is 30.0 Å². The highest BCUT2D eigenvalue weighted by Crippen LogP contribution is 2.55. The number of likely N-dealkylation sites (tertiary alicyclic amines) is 1. The molecule has 7 heterocycles. The molecule has 4 fully saturated rings. The number of ether oxygens (including phenoxy) is 4. The molecule has 0 bridgehead atoms. The van der Waals surface area contributed by atoms with Crippen molar-refractivity contribution in [1.29, 1.82) is 0 Å². The molecule has 1 spiro atoms. The van der Waals surface area contributed by atoms with Crippen molar-refractivity contribution in [2.45, 2.75) is 101 Å². The molecule has 5 aliphatic heterocycles. The second-order valence-corrected chi connectivity index (χ2v) is 21.4. The van der Waals surface area contributed by atoms with Crippen molar-refractivity contribution in [2.24, 2.45) is 5.41 Å². The third kappa shape index (κ3) is 7.80. The first-order chi connectivity index (χ1) is 32.2. The molecular weight excluding hydrogens is 877 g/mol. The molecule has 3 N–H and O–H groups in total. The van der Waals surface area contributed by atoms with E-state index >= 15 is 0 Å². The first-order valence-electron chi connectivity index (χ1n) is 23.4. The summed E-state index contributed by atoms with van der Waals surface area (Å²) in [6.07, 6.45) is 5.94. The maximum Gasteiger partial charge on any atom is 0.297 e. The van der Waals surface area contributed by atoms with Crippen molar-refractivity contribution in [1.82, 2.24) is 19.6 Å². The molecule has 6 aliphatic rings. The normalized spacial score (nSPS) is 23.3. The third-order valence-electron chi connectivity index (χ3n) is 14.5. The van der Waals surface area contributed by atoms with Crippen molar-refractivity contribution < 1.29 is 37.1 Å². The molecule has 4 atom stereocenters. The lowest BCUT2D eigenvalue weighted by Crippen LogP contribution is -2.66. The van der Waals surface area contributed by atoms with Gasteiger partial charge in [-0.3, -0.25) is 19.8 Å². The van der Waals surface area contributed by atoms with E-state index in [-0.39, 0.29) is 47.8 Å². The number of amides is 1. The number of nitrogens with zero attached hydrogens (tertiary/aromatic N) is 5. The SMILES string of the molecule is CC(C)OC[C@@H]1COc2cc(S(=O)(=O)NC(=O)c3ccc(N4CC5(CC(N6CCC[C@H]6c6ccccc6C(C)C)C5)C4)cc3N3c4cc5cc[nH]c5nc4O[C@H]4COC[C@@H]43)cc([N+](=O)[O-])c2N1. The van der Waals surface area contributed by atoms with E-state index < -0.39 is 43.6 Å². The molecule has 0 unspecified atom stereocenters. The number of aromatic amines is 1. The Hall–Kier alpha value is -5.95. The van der Waals surface area contributed by atoms with Crippen LogP contribution >= 0.6 is 0 Å². The van der Waals surface area contributed by atoms with Gasteiger partial charge < -0.3 is 39.0 Å². The summed E-state index contributed by atoms with van der Waals surface area (Å²) in [7, 11) is -4.69. The number of carbonyl (C=O) groups excluding carboxylic acids is 1. The fourth-order valence-electron chi connectivity index (χ4n) is 11.3. The molecule has 11 rings (SSSR count). The van der Waals surface area contributed by atoms with Gasteiger partial charge in [0.25, 0.3) is 21.6 Å². The van der Waals surface area contributed by atoms with E-state index in [0.29, 0.717) is 54.1 Å². The van der Waals surface area contributed by atoms with Gasteiger partial charge in [-0.25, -0.2) is 13.1 Å². The second kappa shape index (κ2) is 16.7. The first-order valence-corrected chi connectivity index (χ1v) is 24.9. The smallest absolute Gasteiger partial charge is 0.297 e. The molecule has 1 saturated carbocycles. The number of hydrogen-bond donors (Lipinski definition) is 3. The molecule has 67 heavy (non-hydrogen) atoms. The van der Waals surface area contributed by atoms with Crippen molar-refractivity contribution in [3.8, 4) is 11.6 Å². The fraction of sp³-hybridized carbons (Fsp3) is 0.469. The number of fused-ring (bicyclic) bond motifs is 4. The molecule has 0 radical (unpaired) electrons. The average molecular weight is 933 g/mol. The van der Waals surface area contributed by atoms with Gasteiger partial charge in [-0.1, -0.05) is 38.1 Å². The number of nitro groups is 1. The number of sulfonamides is 1. The van der Waals surface area contributed by atoms with Gasteiger partial charge in [0, 0.05) is 60.0 Å². The molecule has 3 saturated heterocycles. The quantitative estimate of drug-likeness (QED) is 0.0827. The summed E-state index contributed by atoms with van der Waals surface area (Å²) in [5, 5.41) is 16.3. The minimum Gasteiger partial charge on any atom is -0.489 e. The van der Waals surface area contributed by atoms with Crippen LogP contribution in [0.25, 0.3) is 11.0 Å². The Morgan fingerprint density at radius 1 is 1.03 bits per heavy atom. The maximum atomic E-state index is 14.6. The zero-order valence-corrected chi connectivity index (χ0v) is 38.9. The largest absolute Gasteiger partial charge is 0.489 e. The number of aromatic nitrogens is 2. The van der Waals surface area contributed by atoms with Crippen molar-refractivity contribution in [3.63, 3.8) is 0 Å². The molecule has 1 amide bonds. The van der Waals surface area contributed by atoms with Crippen LogP contribution in [0.2, 0.25) is 0 Å². The molecule has 3 aromatic carbocycles. The summed E-state index contributed by atoms with van der Waals surface area (Å²) < 4.78 is 54.5. The van der Waals surface area contributed by atoms with Gasteiger partial charge in [0.2, 0.25) is 5.88 Å². The third-order valence-corrected chi connectivity index (χ3v) is 15.8. The monoisotopic (exact) mass is 932 g/mol. The Morgan fingerprint density at radius 2 is 1.85 bits per heavy atom. The minimum atomic E-state index is -4.69. The Balaban J connectivity index is 0.890. The average Bonchev–Trinajstić information content (AvgIpc) is 4.07. The van der Waals surface area contributed by atoms with Gasteiger partial charge in [0.05, 0.1) is 59.1 Å². The molecule has 5 aromatic rings. The number of carbonyl (C=O) groups is 1. The summed E-state index contributed by atoms with van der Waals surface area (Å²) in [6, 6.07) is 20.6. The van der Waals surface area contributed by atoms with Gasteiger partial charge in [-0.2, -0.15) is 4.98 Å². The van der Waals surface area contributed by atoms with Gasteiger partial charge in [-0.15, -0.1) is 0 Å². The zero-order valence-electron chi connectivity index (χ0n) is 38.1. The molecule has 352 valence electrons. The van der Waals surface area contributed by atoms with Gasteiger partial charge in [-0.05, 0) is 93.5 Å². The number of H-pyrrole nitrogens is 1. The second-order valence-electron chi connectivity index (χ2n) is 19.7. The minimum absolute atomic E-state index is 0.0181. The highest BCUT2D eigenvalue weighted by molar-refractivity contribution is 7.90. The maximum absolute atomic E-state index is 14.6. The predicted molar refractivity (Wildman–Crippen MR) is 252 cm³/mol. The first kappa shape index (κ1) is 43.6. The van der Waals surface area contributed by atoms with Gasteiger partial charge in [0.1, 0.15) is 24.0 Å². The van der Waals surface area contributed by atoms with Crippen LogP contribution in [0.15, 0.2) is 77.8 Å². The molecule has 17 nitrogen and oxygen atoms in total. The number of rotatable bonds is 12. The Labute approximate surface area is 389 Å². The van der Waals surface area contributed by atoms with Crippen molar-refractivity contribution >= 4 is 55.4 Å². The predicted octanol–water partition coefficient (Wildman–Crippen LogP) is 7.41. The van der Waals surface area contributed by atoms with Crippen molar-refractivity contribution in [2.75, 3.05) is 61.2 Å². The number of anilines is 4. The van der Waals surface area contributed by atoms with E-state index in [4.69, 9.17) is 23.9 Å². The Morgan fingerprint density at radius 3 is 2.64 bits per heavy atom. The number of nitro benzene ring substituents is 1. The Bertz CT molecular complexity index is 2870. The van der Waals surface area contributed by atoms with E-state index in [9.17, 15) is 23.3 Å². The molecule has 1 aliphatic carbocycles. The van der Waals surface area contributed by atoms with Gasteiger partial charge in [0.15, 0.2) is 11.4 Å². The van der Waals surface area contributed by atoms with Crippen LogP contribution in [0.4, 0.5) is 28.4 Å². The highest BCUT2D eigenvalue weighted by atomic mass is 32.2. The van der Waals surface area contributed by atoms with E-state index in [0.717, 1.165) is 49.6 Å². The van der Waals surface area contributed by atoms with Crippen LogP contribution in [0.1, 0.15) is 86.8 Å². The lowest BCUT2D eigenvalue weighted by Gasteiger charge is -2.62. The van der Waals surface area contributed by atoms with Crippen LogP contribution in [0.3, 0.4) is 0 Å². The van der Waals surface area contributed by atoms with E-state index in [1.807, 2.05) is 43.0 Å². The topological polar surface area (TPSA) is 194 Å². The lowest BCUT2D eigenvalue weighted by molar-refractivity contribution is -0.384.